The molecule has 0 aromatic heterocycles. The Labute approximate surface area is 159 Å². The molecule has 1 heterocycles. The van der Waals surface area contributed by atoms with Gasteiger partial charge in [-0.25, -0.2) is 4.79 Å². The van der Waals surface area contributed by atoms with Gasteiger partial charge in [0, 0.05) is 6.54 Å². The molecule has 146 valence electrons. The Bertz CT molecular complexity index is 685. The molecular weight excluding hydrogens is 369 g/mol. The van der Waals surface area contributed by atoms with E-state index in [1.807, 2.05) is 0 Å². The molecule has 1 N–H and O–H groups in total. The Morgan fingerprint density at radius 3 is 2.11 bits per heavy atom. The third-order valence-corrected chi connectivity index (χ3v) is 5.84. The molecule has 0 saturated carbocycles. The van der Waals surface area contributed by atoms with E-state index in [0.29, 0.717) is 24.3 Å². The molecule has 1 aromatic carbocycles. The highest BCUT2D eigenvalue weighted by atomic mass is 31.1. The molecule has 0 bridgehead atoms. The minimum Gasteiger partial charge on any atom is -0.478 e. The summed E-state index contributed by atoms with van der Waals surface area (Å²) in [4.78, 5) is 36.4. The summed E-state index contributed by atoms with van der Waals surface area (Å²) in [5, 5.41) is 8.73. The summed E-state index contributed by atoms with van der Waals surface area (Å²) in [7, 11) is -2.16. The highest BCUT2D eigenvalue weighted by molar-refractivity contribution is 7.41. The van der Waals surface area contributed by atoms with E-state index >= 15 is 0 Å². The zero-order valence-corrected chi connectivity index (χ0v) is 16.3. The smallest absolute Gasteiger partial charge is 0.478 e. The zero-order valence-electron chi connectivity index (χ0n) is 15.4. The first-order chi connectivity index (χ1) is 12.9. The first-order valence-electron chi connectivity index (χ1n) is 9.20. The molecule has 0 aliphatic carbocycles. The number of hydrogen-bond donors (Lipinski definition) is 1. The Morgan fingerprint density at radius 2 is 1.56 bits per heavy atom. The number of fused-ring (bicyclic) bond motifs is 1. The van der Waals surface area contributed by atoms with Crippen molar-refractivity contribution in [2.24, 2.45) is 0 Å². The fourth-order valence-corrected chi connectivity index (χ4v) is 3.59. The van der Waals surface area contributed by atoms with Crippen molar-refractivity contribution in [1.82, 2.24) is 4.90 Å². The number of unbranched alkanes of at least 4 members (excludes halogenated alkanes) is 5. The van der Waals surface area contributed by atoms with Crippen LogP contribution in [0.2, 0.25) is 0 Å². The SMILES string of the molecule is CC(C(=O)O)[P+](=O)OCCCCCCCCN1C(=O)c2ccccc2C1=O. The van der Waals surface area contributed by atoms with Gasteiger partial charge in [0.05, 0.1) is 11.1 Å². The number of carbonyl (C=O) groups is 3. The molecule has 8 heteroatoms. The molecule has 2 atom stereocenters. The lowest BCUT2D eigenvalue weighted by molar-refractivity contribution is -0.136. The van der Waals surface area contributed by atoms with E-state index in [1.165, 1.54) is 11.8 Å². The number of hydrogen-bond acceptors (Lipinski definition) is 5. The zero-order chi connectivity index (χ0) is 19.8. The first kappa shape index (κ1) is 21.2. The lowest BCUT2D eigenvalue weighted by Gasteiger charge is -2.13. The Kier molecular flexibility index (Phi) is 8.07. The van der Waals surface area contributed by atoms with E-state index in [9.17, 15) is 18.9 Å². The fourth-order valence-electron chi connectivity index (χ4n) is 2.88. The monoisotopic (exact) mass is 394 g/mol. The van der Waals surface area contributed by atoms with Crippen molar-refractivity contribution in [3.63, 3.8) is 0 Å². The van der Waals surface area contributed by atoms with Crippen molar-refractivity contribution >= 4 is 25.8 Å². The van der Waals surface area contributed by atoms with Crippen molar-refractivity contribution in [2.75, 3.05) is 13.2 Å². The Balaban J connectivity index is 1.54. The van der Waals surface area contributed by atoms with E-state index < -0.39 is 19.7 Å². The molecule has 1 aliphatic rings. The Morgan fingerprint density at radius 1 is 1.04 bits per heavy atom. The molecule has 2 amide bonds. The van der Waals surface area contributed by atoms with Gasteiger partial charge in [-0.3, -0.25) is 14.5 Å². The molecule has 0 radical (unpaired) electrons. The van der Waals surface area contributed by atoms with Gasteiger partial charge in [0.25, 0.3) is 17.5 Å². The van der Waals surface area contributed by atoms with Gasteiger partial charge >= 0.3 is 14.0 Å². The average molecular weight is 394 g/mol. The number of benzene rings is 1. The maximum absolute atomic E-state index is 12.2. The van der Waals surface area contributed by atoms with Crippen molar-refractivity contribution in [3.05, 3.63) is 35.4 Å². The molecule has 0 spiro atoms. The number of imide groups is 1. The van der Waals surface area contributed by atoms with Crippen LogP contribution in [0.1, 0.15) is 66.2 Å². The van der Waals surface area contributed by atoms with Gasteiger partial charge in [-0.05, 0) is 36.5 Å². The van der Waals surface area contributed by atoms with Crippen LogP contribution in [0.25, 0.3) is 0 Å². The summed E-state index contributed by atoms with van der Waals surface area (Å²) < 4.78 is 16.6. The van der Waals surface area contributed by atoms with Crippen LogP contribution in [-0.2, 0) is 13.9 Å². The van der Waals surface area contributed by atoms with E-state index in [2.05, 4.69) is 0 Å². The van der Waals surface area contributed by atoms with E-state index in [1.54, 1.807) is 24.3 Å². The topological polar surface area (TPSA) is 101 Å². The fraction of sp³-hybridized carbons (Fsp3) is 0.526. The number of nitrogens with zero attached hydrogens (tertiary/aromatic N) is 1. The van der Waals surface area contributed by atoms with Crippen LogP contribution in [-0.4, -0.2) is 46.6 Å². The van der Waals surface area contributed by atoms with Crippen LogP contribution in [0, 0.1) is 0 Å². The van der Waals surface area contributed by atoms with E-state index in [-0.39, 0.29) is 11.8 Å². The molecule has 7 nitrogen and oxygen atoms in total. The maximum atomic E-state index is 12.2. The van der Waals surface area contributed by atoms with Crippen molar-refractivity contribution in [2.45, 2.75) is 51.1 Å². The first-order valence-corrected chi connectivity index (χ1v) is 10.5. The number of carboxylic acids is 1. The summed E-state index contributed by atoms with van der Waals surface area (Å²) >= 11 is 0. The number of rotatable bonds is 12. The minimum absolute atomic E-state index is 0.211. The predicted molar refractivity (Wildman–Crippen MR) is 100 cm³/mol. The molecule has 0 fully saturated rings. The molecule has 1 aromatic rings. The van der Waals surface area contributed by atoms with Crippen molar-refractivity contribution < 1.29 is 28.6 Å². The molecule has 0 saturated heterocycles. The van der Waals surface area contributed by atoms with Crippen LogP contribution >= 0.6 is 8.03 Å². The third-order valence-electron chi connectivity index (χ3n) is 4.55. The van der Waals surface area contributed by atoms with Gasteiger partial charge in [0.15, 0.2) is 0 Å². The van der Waals surface area contributed by atoms with Gasteiger partial charge in [0.2, 0.25) is 0 Å². The number of aliphatic carboxylic acids is 1. The van der Waals surface area contributed by atoms with E-state index in [0.717, 1.165) is 38.5 Å². The molecule has 2 unspecified atom stereocenters. The average Bonchev–Trinajstić information content (AvgIpc) is 2.90. The summed E-state index contributed by atoms with van der Waals surface area (Å²) in [6.07, 6.45) is 5.25. The molecular formula is C19H25NO6P+. The molecule has 1 aliphatic heterocycles. The molecule has 2 rings (SSSR count). The third kappa shape index (κ3) is 5.68. The summed E-state index contributed by atoms with van der Waals surface area (Å²) in [5.41, 5.74) is -0.0155. The number of amides is 2. The highest BCUT2D eigenvalue weighted by Crippen LogP contribution is 2.29. The van der Waals surface area contributed by atoms with Gasteiger partial charge in [-0.15, -0.1) is 4.52 Å². The predicted octanol–water partition coefficient (Wildman–Crippen LogP) is 3.86. The highest BCUT2D eigenvalue weighted by Gasteiger charge is 2.35. The largest absolute Gasteiger partial charge is 0.523 e. The second kappa shape index (κ2) is 10.3. The van der Waals surface area contributed by atoms with Crippen LogP contribution in [0.5, 0.6) is 0 Å². The van der Waals surface area contributed by atoms with Gasteiger partial charge in [0.1, 0.15) is 6.61 Å². The van der Waals surface area contributed by atoms with E-state index in [4.69, 9.17) is 9.63 Å². The van der Waals surface area contributed by atoms with Crippen LogP contribution in [0.15, 0.2) is 24.3 Å². The van der Waals surface area contributed by atoms with Crippen LogP contribution in [0.4, 0.5) is 0 Å². The summed E-state index contributed by atoms with van der Waals surface area (Å²) in [5.74, 6) is -1.54. The molecule has 27 heavy (non-hydrogen) atoms. The standard InChI is InChI=1S/C19H24NO6P/c1-14(19(23)24)27(25)26-13-9-5-3-2-4-8-12-20-17(21)15-10-6-7-11-16(15)18(20)22/h6-7,10-11,14H,2-5,8-9,12-13H2,1H3/p+1. The minimum atomic E-state index is -2.16. The van der Waals surface area contributed by atoms with Crippen LogP contribution in [0.3, 0.4) is 0 Å². The quantitative estimate of drug-likeness (QED) is 0.328. The van der Waals surface area contributed by atoms with Crippen LogP contribution < -0.4 is 0 Å². The van der Waals surface area contributed by atoms with Gasteiger partial charge < -0.3 is 5.11 Å². The van der Waals surface area contributed by atoms with Gasteiger partial charge in [-0.1, -0.05) is 37.8 Å². The number of carboxylic acid groups (broad SMARTS) is 1. The lowest BCUT2D eigenvalue weighted by atomic mass is 10.1. The maximum Gasteiger partial charge on any atom is 0.523 e. The van der Waals surface area contributed by atoms with Crippen molar-refractivity contribution in [3.8, 4) is 0 Å². The second-order valence-electron chi connectivity index (χ2n) is 6.56. The lowest BCUT2D eigenvalue weighted by Crippen LogP contribution is -2.30. The Hall–Kier alpha value is -2.11. The summed E-state index contributed by atoms with van der Waals surface area (Å²) in [6, 6.07) is 6.89. The number of carbonyl (C=O) groups excluding carboxylic acids is 2. The second-order valence-corrected chi connectivity index (χ2v) is 8.17. The summed E-state index contributed by atoms with van der Waals surface area (Å²) in [6.45, 7) is 2.10. The van der Waals surface area contributed by atoms with Crippen molar-refractivity contribution in [1.29, 1.82) is 0 Å². The normalized spacial score (nSPS) is 15.0. The van der Waals surface area contributed by atoms with Gasteiger partial charge in [-0.2, -0.15) is 0 Å².